The van der Waals surface area contributed by atoms with Crippen LogP contribution >= 0.6 is 11.6 Å². The van der Waals surface area contributed by atoms with Crippen LogP contribution in [-0.2, 0) is 11.3 Å². The molecule has 17 heavy (non-hydrogen) atoms. The second kappa shape index (κ2) is 4.33. The SMILES string of the molecule is OB1OCc2cc(Cl)c(C3=CCC=CC3)cc21. The van der Waals surface area contributed by atoms with Gasteiger partial charge in [0, 0.05) is 5.02 Å². The fourth-order valence-electron chi connectivity index (χ4n) is 2.31. The lowest BCUT2D eigenvalue weighted by atomic mass is 9.78. The molecule has 0 radical (unpaired) electrons. The summed E-state index contributed by atoms with van der Waals surface area (Å²) >= 11 is 6.29. The minimum atomic E-state index is -0.805. The van der Waals surface area contributed by atoms with E-state index in [2.05, 4.69) is 18.2 Å². The maximum atomic E-state index is 9.70. The van der Waals surface area contributed by atoms with Crippen molar-refractivity contribution in [2.75, 3.05) is 0 Å². The number of fused-ring (bicyclic) bond motifs is 1. The highest BCUT2D eigenvalue weighted by Gasteiger charge is 2.28. The van der Waals surface area contributed by atoms with Crippen LogP contribution in [0.25, 0.3) is 5.57 Å². The van der Waals surface area contributed by atoms with Crippen molar-refractivity contribution in [1.29, 1.82) is 0 Å². The normalized spacial score (nSPS) is 18.2. The molecule has 4 heteroatoms. The molecule has 1 aliphatic carbocycles. The third kappa shape index (κ3) is 1.95. The van der Waals surface area contributed by atoms with Crippen molar-refractivity contribution in [3.05, 3.63) is 46.5 Å². The molecule has 0 saturated carbocycles. The first-order valence-electron chi connectivity index (χ1n) is 5.72. The lowest BCUT2D eigenvalue weighted by Gasteiger charge is -2.12. The summed E-state index contributed by atoms with van der Waals surface area (Å²) in [6, 6.07) is 3.86. The van der Waals surface area contributed by atoms with Gasteiger partial charge in [-0.3, -0.25) is 0 Å². The van der Waals surface area contributed by atoms with Crippen molar-refractivity contribution < 1.29 is 9.68 Å². The molecule has 1 aromatic rings. The van der Waals surface area contributed by atoms with E-state index in [0.29, 0.717) is 6.61 Å². The summed E-state index contributed by atoms with van der Waals surface area (Å²) in [4.78, 5) is 0. The molecule has 3 rings (SSSR count). The van der Waals surface area contributed by atoms with Crippen molar-refractivity contribution in [1.82, 2.24) is 0 Å². The zero-order chi connectivity index (χ0) is 11.8. The van der Waals surface area contributed by atoms with E-state index in [-0.39, 0.29) is 0 Å². The van der Waals surface area contributed by atoms with Gasteiger partial charge in [0.05, 0.1) is 6.61 Å². The van der Waals surface area contributed by atoms with E-state index < -0.39 is 7.12 Å². The second-order valence-electron chi connectivity index (χ2n) is 4.33. The molecule has 2 aliphatic rings. The zero-order valence-corrected chi connectivity index (χ0v) is 10.1. The number of hydrogen-bond donors (Lipinski definition) is 1. The third-order valence-corrected chi connectivity index (χ3v) is 3.56. The van der Waals surface area contributed by atoms with Crippen LogP contribution in [0.5, 0.6) is 0 Å². The number of hydrogen-bond acceptors (Lipinski definition) is 2. The smallest absolute Gasteiger partial charge is 0.423 e. The molecule has 0 atom stereocenters. The first-order valence-corrected chi connectivity index (χ1v) is 6.10. The standard InChI is InChI=1S/C13H12BClO2/c15-13-6-10-8-17-14(16)12(10)7-11(13)9-4-2-1-3-5-9/h1-2,5-7,16H,3-4,8H2. The lowest BCUT2D eigenvalue weighted by Crippen LogP contribution is -2.28. The fourth-order valence-corrected chi connectivity index (χ4v) is 2.62. The Kier molecular flexibility index (Phi) is 2.83. The topological polar surface area (TPSA) is 29.5 Å². The van der Waals surface area contributed by atoms with Crippen molar-refractivity contribution in [3.63, 3.8) is 0 Å². The van der Waals surface area contributed by atoms with Gasteiger partial charge >= 0.3 is 7.12 Å². The lowest BCUT2D eigenvalue weighted by molar-refractivity contribution is 0.275. The van der Waals surface area contributed by atoms with Gasteiger partial charge in [0.1, 0.15) is 0 Å². The molecule has 1 aromatic carbocycles. The van der Waals surface area contributed by atoms with E-state index in [0.717, 1.165) is 34.5 Å². The van der Waals surface area contributed by atoms with Crippen molar-refractivity contribution in [3.8, 4) is 0 Å². The molecular weight excluding hydrogens is 234 g/mol. The molecule has 0 unspecified atom stereocenters. The predicted molar refractivity (Wildman–Crippen MR) is 70.2 cm³/mol. The van der Waals surface area contributed by atoms with Crippen LogP contribution in [0.15, 0.2) is 30.4 Å². The van der Waals surface area contributed by atoms with E-state index in [1.807, 2.05) is 12.1 Å². The molecule has 1 heterocycles. The maximum absolute atomic E-state index is 9.70. The van der Waals surface area contributed by atoms with Crippen LogP contribution in [0.2, 0.25) is 5.02 Å². The summed E-state index contributed by atoms with van der Waals surface area (Å²) in [6.45, 7) is 0.440. The molecule has 1 N–H and O–H groups in total. The number of halogens is 1. The number of rotatable bonds is 1. The van der Waals surface area contributed by atoms with Crippen LogP contribution in [-0.4, -0.2) is 12.1 Å². The molecule has 2 nitrogen and oxygen atoms in total. The molecule has 0 spiro atoms. The zero-order valence-electron chi connectivity index (χ0n) is 9.32. The average molecular weight is 247 g/mol. The average Bonchev–Trinajstić information content (AvgIpc) is 2.70. The fraction of sp³-hybridized carbons (Fsp3) is 0.231. The quantitative estimate of drug-likeness (QED) is 0.608. The van der Waals surface area contributed by atoms with Crippen LogP contribution in [0.1, 0.15) is 24.0 Å². The Balaban J connectivity index is 2.06. The van der Waals surface area contributed by atoms with E-state index in [1.54, 1.807) is 0 Å². The van der Waals surface area contributed by atoms with Gasteiger partial charge in [-0.25, -0.2) is 0 Å². The molecule has 1 aliphatic heterocycles. The van der Waals surface area contributed by atoms with Gasteiger partial charge in [-0.05, 0) is 41.1 Å². The molecule has 0 bridgehead atoms. The van der Waals surface area contributed by atoms with Crippen LogP contribution in [0.3, 0.4) is 0 Å². The van der Waals surface area contributed by atoms with Crippen molar-refractivity contribution in [2.45, 2.75) is 19.4 Å². The highest BCUT2D eigenvalue weighted by atomic mass is 35.5. The van der Waals surface area contributed by atoms with E-state index in [9.17, 15) is 5.02 Å². The minimum absolute atomic E-state index is 0.440. The number of allylic oxidation sites excluding steroid dienone is 4. The highest BCUT2D eigenvalue weighted by Crippen LogP contribution is 2.30. The summed E-state index contributed by atoms with van der Waals surface area (Å²) in [6.07, 6.45) is 8.31. The molecule has 0 amide bonds. The van der Waals surface area contributed by atoms with Gasteiger partial charge in [0.25, 0.3) is 0 Å². The molecule has 0 saturated heterocycles. The van der Waals surface area contributed by atoms with Gasteiger partial charge in [-0.2, -0.15) is 0 Å². The summed E-state index contributed by atoms with van der Waals surface area (Å²) in [5.74, 6) is 0. The van der Waals surface area contributed by atoms with Crippen LogP contribution in [0, 0.1) is 0 Å². The van der Waals surface area contributed by atoms with Crippen LogP contribution in [0.4, 0.5) is 0 Å². The van der Waals surface area contributed by atoms with E-state index in [1.165, 1.54) is 5.57 Å². The predicted octanol–water partition coefficient (Wildman–Crippen LogP) is 2.29. The van der Waals surface area contributed by atoms with Gasteiger partial charge in [-0.1, -0.05) is 35.9 Å². The summed E-state index contributed by atoms with van der Waals surface area (Å²) in [5.41, 5.74) is 4.07. The Bertz CT molecular complexity index is 522. The van der Waals surface area contributed by atoms with E-state index in [4.69, 9.17) is 16.3 Å². The summed E-state index contributed by atoms with van der Waals surface area (Å²) in [7, 11) is -0.805. The Hall–Kier alpha value is -1.03. The van der Waals surface area contributed by atoms with Crippen molar-refractivity contribution >= 4 is 29.8 Å². The second-order valence-corrected chi connectivity index (χ2v) is 4.74. The molecule has 0 aromatic heterocycles. The summed E-state index contributed by atoms with van der Waals surface area (Å²) in [5, 5.41) is 10.4. The number of benzene rings is 1. The maximum Gasteiger partial charge on any atom is 0.491 e. The third-order valence-electron chi connectivity index (χ3n) is 3.24. The summed E-state index contributed by atoms with van der Waals surface area (Å²) < 4.78 is 5.18. The first kappa shape index (κ1) is 11.1. The largest absolute Gasteiger partial charge is 0.491 e. The highest BCUT2D eigenvalue weighted by molar-refractivity contribution is 6.61. The molecule has 86 valence electrons. The minimum Gasteiger partial charge on any atom is -0.423 e. The van der Waals surface area contributed by atoms with Gasteiger partial charge < -0.3 is 9.68 Å². The Morgan fingerprint density at radius 2 is 2.18 bits per heavy atom. The Labute approximate surface area is 106 Å². The Morgan fingerprint density at radius 1 is 1.29 bits per heavy atom. The van der Waals surface area contributed by atoms with E-state index >= 15 is 0 Å². The van der Waals surface area contributed by atoms with Crippen molar-refractivity contribution in [2.24, 2.45) is 0 Å². The molecular formula is C13H12BClO2. The first-order chi connectivity index (χ1) is 8.25. The Morgan fingerprint density at radius 3 is 2.94 bits per heavy atom. The van der Waals surface area contributed by atoms with Gasteiger partial charge in [0.2, 0.25) is 0 Å². The van der Waals surface area contributed by atoms with Gasteiger partial charge in [-0.15, -0.1) is 0 Å². The monoisotopic (exact) mass is 246 g/mol. The van der Waals surface area contributed by atoms with Gasteiger partial charge in [0.15, 0.2) is 0 Å². The van der Waals surface area contributed by atoms with Crippen LogP contribution < -0.4 is 5.46 Å². The molecule has 0 fully saturated rings.